The van der Waals surface area contributed by atoms with E-state index < -0.39 is 0 Å². The van der Waals surface area contributed by atoms with Crippen LogP contribution in [0.25, 0.3) is 0 Å². The summed E-state index contributed by atoms with van der Waals surface area (Å²) in [7, 11) is 0. The summed E-state index contributed by atoms with van der Waals surface area (Å²) in [6.07, 6.45) is 4.02. The number of aromatic nitrogens is 1. The van der Waals surface area contributed by atoms with Crippen molar-refractivity contribution in [3.8, 4) is 0 Å². The maximum atomic E-state index is 12.4. The van der Waals surface area contributed by atoms with Gasteiger partial charge in [-0.05, 0) is 54.7 Å². The number of thiazole rings is 1. The maximum absolute atomic E-state index is 12.4. The van der Waals surface area contributed by atoms with Gasteiger partial charge in [0.25, 0.3) is 11.8 Å². The highest BCUT2D eigenvalue weighted by Crippen LogP contribution is 2.13. The van der Waals surface area contributed by atoms with Gasteiger partial charge < -0.3 is 10.6 Å². The number of carbonyl (C=O) groups excluding carboxylic acids is 2. The van der Waals surface area contributed by atoms with Gasteiger partial charge in [-0.1, -0.05) is 49.2 Å². The van der Waals surface area contributed by atoms with Crippen molar-refractivity contribution in [2.45, 2.75) is 39.2 Å². The molecule has 0 aliphatic carbocycles. The van der Waals surface area contributed by atoms with Crippen LogP contribution in [-0.2, 0) is 19.4 Å². The third kappa shape index (κ3) is 7.19. The number of nitrogens with zero attached hydrogens (tertiary/aromatic N) is 1. The molecule has 0 saturated carbocycles. The molecule has 2 aromatic carbocycles. The van der Waals surface area contributed by atoms with Gasteiger partial charge in [0.1, 0.15) is 10.7 Å². The quantitative estimate of drug-likeness (QED) is 0.449. The number of carbonyl (C=O) groups is 2. The molecular weight excluding hydrogens is 430 g/mol. The molecule has 0 spiro atoms. The molecule has 0 radical (unpaired) electrons. The molecular formula is C24H26ClN3O2S. The van der Waals surface area contributed by atoms with Gasteiger partial charge in [-0.25, -0.2) is 4.98 Å². The predicted octanol–water partition coefficient (Wildman–Crippen LogP) is 5.04. The number of hydrogen-bond donors (Lipinski definition) is 2. The lowest BCUT2D eigenvalue weighted by molar-refractivity contribution is 0.0945. The molecule has 0 saturated heterocycles. The third-order valence-corrected chi connectivity index (χ3v) is 5.89. The summed E-state index contributed by atoms with van der Waals surface area (Å²) in [6.45, 7) is 2.95. The molecule has 2 amide bonds. The second-order valence-corrected chi connectivity index (χ2v) is 8.62. The van der Waals surface area contributed by atoms with Crippen LogP contribution in [-0.4, -0.2) is 23.3 Å². The van der Waals surface area contributed by atoms with Crippen LogP contribution in [0.15, 0.2) is 53.9 Å². The van der Waals surface area contributed by atoms with Gasteiger partial charge in [0.05, 0.1) is 6.54 Å². The molecule has 0 atom stereocenters. The topological polar surface area (TPSA) is 71.1 Å². The van der Waals surface area contributed by atoms with Gasteiger partial charge in [0.2, 0.25) is 0 Å². The molecule has 3 aromatic rings. The number of nitrogens with one attached hydrogen (secondary N) is 2. The molecule has 3 rings (SSSR count). The normalized spacial score (nSPS) is 10.6. The van der Waals surface area contributed by atoms with Crippen LogP contribution >= 0.6 is 22.9 Å². The van der Waals surface area contributed by atoms with E-state index in [0.717, 1.165) is 24.8 Å². The molecule has 0 aliphatic heterocycles. The summed E-state index contributed by atoms with van der Waals surface area (Å²) in [6, 6.07) is 15.3. The Hall–Kier alpha value is -2.70. The van der Waals surface area contributed by atoms with Crippen molar-refractivity contribution in [1.82, 2.24) is 15.6 Å². The largest absolute Gasteiger partial charge is 0.350 e. The number of unbranched alkanes of at least 4 members (excludes halogenated alkanes) is 1. The highest BCUT2D eigenvalue weighted by molar-refractivity contribution is 7.09. The van der Waals surface area contributed by atoms with Crippen LogP contribution in [0.2, 0.25) is 5.02 Å². The minimum absolute atomic E-state index is 0.148. The Labute approximate surface area is 191 Å². The third-order valence-electron chi connectivity index (χ3n) is 4.81. The van der Waals surface area contributed by atoms with E-state index in [4.69, 9.17) is 11.6 Å². The SMILES string of the molecule is CCCCc1ccc(C(=O)NCc2nc(C(=O)NCCc3cccc(Cl)c3)cs2)cc1. The monoisotopic (exact) mass is 455 g/mol. The van der Waals surface area contributed by atoms with Crippen molar-refractivity contribution in [3.63, 3.8) is 0 Å². The molecule has 2 N–H and O–H groups in total. The zero-order valence-corrected chi connectivity index (χ0v) is 19.1. The van der Waals surface area contributed by atoms with Crippen molar-refractivity contribution in [3.05, 3.63) is 86.3 Å². The molecule has 0 bridgehead atoms. The lowest BCUT2D eigenvalue weighted by atomic mass is 10.1. The zero-order valence-electron chi connectivity index (χ0n) is 17.5. The Bertz CT molecular complexity index is 1020. The molecule has 0 unspecified atom stereocenters. The molecule has 1 aromatic heterocycles. The Morgan fingerprint density at radius 2 is 1.81 bits per heavy atom. The van der Waals surface area contributed by atoms with Crippen molar-refractivity contribution in [2.24, 2.45) is 0 Å². The minimum Gasteiger partial charge on any atom is -0.350 e. The van der Waals surface area contributed by atoms with E-state index in [1.807, 2.05) is 48.5 Å². The number of aryl methyl sites for hydroxylation is 1. The van der Waals surface area contributed by atoms with Crippen LogP contribution in [0.4, 0.5) is 0 Å². The predicted molar refractivity (Wildman–Crippen MR) is 126 cm³/mol. The van der Waals surface area contributed by atoms with Crippen molar-refractivity contribution < 1.29 is 9.59 Å². The van der Waals surface area contributed by atoms with E-state index >= 15 is 0 Å². The fourth-order valence-electron chi connectivity index (χ4n) is 3.06. The zero-order chi connectivity index (χ0) is 22.1. The Morgan fingerprint density at radius 3 is 2.55 bits per heavy atom. The fraction of sp³-hybridized carbons (Fsp3) is 0.292. The molecule has 162 valence electrons. The molecule has 7 heteroatoms. The number of hydrogen-bond acceptors (Lipinski definition) is 4. The molecule has 5 nitrogen and oxygen atoms in total. The second-order valence-electron chi connectivity index (χ2n) is 7.25. The first kappa shape index (κ1) is 23.0. The van der Waals surface area contributed by atoms with Gasteiger partial charge in [-0.3, -0.25) is 9.59 Å². The van der Waals surface area contributed by atoms with E-state index in [2.05, 4.69) is 22.5 Å². The van der Waals surface area contributed by atoms with Crippen LogP contribution in [0.3, 0.4) is 0 Å². The van der Waals surface area contributed by atoms with Gasteiger partial charge in [-0.15, -0.1) is 11.3 Å². The maximum Gasteiger partial charge on any atom is 0.270 e. The average molecular weight is 456 g/mol. The average Bonchev–Trinajstić information content (AvgIpc) is 3.26. The fourth-order valence-corrected chi connectivity index (χ4v) is 3.99. The van der Waals surface area contributed by atoms with Crippen LogP contribution in [0.1, 0.15) is 56.7 Å². The van der Waals surface area contributed by atoms with Gasteiger partial charge in [-0.2, -0.15) is 0 Å². The Kier molecular flexibility index (Phi) is 8.62. The van der Waals surface area contributed by atoms with Gasteiger partial charge in [0.15, 0.2) is 0 Å². The Balaban J connectivity index is 1.44. The lowest BCUT2D eigenvalue weighted by Gasteiger charge is -2.05. The smallest absolute Gasteiger partial charge is 0.270 e. The summed E-state index contributed by atoms with van der Waals surface area (Å²) in [5.74, 6) is -0.372. The number of rotatable bonds is 10. The summed E-state index contributed by atoms with van der Waals surface area (Å²) >= 11 is 7.33. The molecule has 31 heavy (non-hydrogen) atoms. The highest BCUT2D eigenvalue weighted by atomic mass is 35.5. The second kappa shape index (κ2) is 11.6. The first-order valence-electron chi connectivity index (χ1n) is 10.4. The highest BCUT2D eigenvalue weighted by Gasteiger charge is 2.12. The van der Waals surface area contributed by atoms with Gasteiger partial charge >= 0.3 is 0 Å². The Morgan fingerprint density at radius 1 is 1.00 bits per heavy atom. The van der Waals surface area contributed by atoms with Crippen LogP contribution in [0.5, 0.6) is 0 Å². The summed E-state index contributed by atoms with van der Waals surface area (Å²) in [5, 5.41) is 8.81. The van der Waals surface area contributed by atoms with Crippen LogP contribution in [0, 0.1) is 0 Å². The standard InChI is InChI=1S/C24H26ClN3O2S/c1-2-3-5-17-8-10-19(11-9-17)23(29)27-15-22-28-21(16-31-22)24(30)26-13-12-18-6-4-7-20(25)14-18/h4,6-11,14,16H,2-3,5,12-13,15H2,1H3,(H,26,30)(H,27,29). The van der Waals surface area contributed by atoms with Crippen molar-refractivity contribution >= 4 is 34.8 Å². The van der Waals surface area contributed by atoms with E-state index in [-0.39, 0.29) is 18.4 Å². The van der Waals surface area contributed by atoms with Crippen LogP contribution < -0.4 is 10.6 Å². The molecule has 0 fully saturated rings. The lowest BCUT2D eigenvalue weighted by Crippen LogP contribution is -2.26. The number of halogens is 1. The van der Waals surface area contributed by atoms with E-state index in [0.29, 0.717) is 34.3 Å². The number of benzene rings is 2. The van der Waals surface area contributed by atoms with E-state index in [1.54, 1.807) is 5.38 Å². The molecule has 1 heterocycles. The summed E-state index contributed by atoms with van der Waals surface area (Å²) in [4.78, 5) is 29.0. The van der Waals surface area contributed by atoms with E-state index in [1.165, 1.54) is 16.9 Å². The molecule has 0 aliphatic rings. The minimum atomic E-state index is -0.224. The van der Waals surface area contributed by atoms with E-state index in [9.17, 15) is 9.59 Å². The van der Waals surface area contributed by atoms with Gasteiger partial charge in [0, 0.05) is 22.5 Å². The first-order chi connectivity index (χ1) is 15.0. The van der Waals surface area contributed by atoms with Crippen molar-refractivity contribution in [2.75, 3.05) is 6.54 Å². The van der Waals surface area contributed by atoms with Crippen molar-refractivity contribution in [1.29, 1.82) is 0 Å². The first-order valence-corrected chi connectivity index (χ1v) is 11.6. The summed E-state index contributed by atoms with van der Waals surface area (Å²) < 4.78 is 0. The number of amides is 2. The summed E-state index contributed by atoms with van der Waals surface area (Å²) in [5.41, 5.74) is 3.29.